The largest absolute Gasteiger partial charge is 0.396 e. The first-order valence-corrected chi connectivity index (χ1v) is 6.42. The van der Waals surface area contributed by atoms with Crippen molar-refractivity contribution >= 4 is 17.5 Å². The third-order valence-corrected chi connectivity index (χ3v) is 2.53. The molecule has 0 unspecified atom stereocenters. The molecule has 0 fully saturated rings. The van der Waals surface area contributed by atoms with E-state index in [4.69, 9.17) is 4.84 Å². The van der Waals surface area contributed by atoms with Gasteiger partial charge in [-0.25, -0.2) is 0 Å². The Morgan fingerprint density at radius 1 is 1.33 bits per heavy atom. The number of aryl methyl sites for hydroxylation is 1. The zero-order chi connectivity index (χ0) is 11.1. The van der Waals surface area contributed by atoms with Gasteiger partial charge in [0, 0.05) is 11.3 Å². The van der Waals surface area contributed by atoms with Crippen LogP contribution in [0.1, 0.15) is 18.1 Å². The topological polar surface area (TPSA) is 21.6 Å². The first kappa shape index (κ1) is 12.1. The molecule has 3 heteroatoms. The van der Waals surface area contributed by atoms with Gasteiger partial charge in [-0.05, 0) is 20.1 Å². The molecule has 0 aliphatic heterocycles. The Morgan fingerprint density at radius 3 is 2.53 bits per heavy atom. The van der Waals surface area contributed by atoms with Crippen LogP contribution in [0.15, 0.2) is 29.4 Å². The number of benzene rings is 1. The standard InChI is InChI=1S/C12H17NOS/c1-4-14-13-12(9-15-3)11-7-5-10(2)6-8-11/h5-8H,4,9H2,1-3H3. The highest BCUT2D eigenvalue weighted by Gasteiger charge is 2.03. The maximum absolute atomic E-state index is 5.11. The molecule has 0 bridgehead atoms. The molecule has 82 valence electrons. The fraction of sp³-hybridized carbons (Fsp3) is 0.417. The van der Waals surface area contributed by atoms with Gasteiger partial charge in [-0.1, -0.05) is 35.0 Å². The zero-order valence-electron chi connectivity index (χ0n) is 9.49. The summed E-state index contributed by atoms with van der Waals surface area (Å²) in [5.41, 5.74) is 3.41. The summed E-state index contributed by atoms with van der Waals surface area (Å²) in [7, 11) is 0. The van der Waals surface area contributed by atoms with E-state index in [0.29, 0.717) is 6.61 Å². The summed E-state index contributed by atoms with van der Waals surface area (Å²) in [5.74, 6) is 0.878. The van der Waals surface area contributed by atoms with E-state index in [2.05, 4.69) is 42.6 Å². The number of hydrogen-bond donors (Lipinski definition) is 0. The molecule has 15 heavy (non-hydrogen) atoms. The van der Waals surface area contributed by atoms with Gasteiger partial charge in [-0.2, -0.15) is 11.8 Å². The van der Waals surface area contributed by atoms with E-state index in [1.165, 1.54) is 5.56 Å². The minimum absolute atomic E-state index is 0.615. The second-order valence-corrected chi connectivity index (χ2v) is 4.12. The molecule has 0 aliphatic carbocycles. The summed E-state index contributed by atoms with van der Waals surface area (Å²) in [4.78, 5) is 5.11. The third kappa shape index (κ3) is 3.96. The van der Waals surface area contributed by atoms with Crippen molar-refractivity contribution in [3.63, 3.8) is 0 Å². The molecule has 0 spiro atoms. The molecule has 0 saturated heterocycles. The van der Waals surface area contributed by atoms with Crippen molar-refractivity contribution in [1.82, 2.24) is 0 Å². The molecule has 0 N–H and O–H groups in total. The van der Waals surface area contributed by atoms with E-state index in [1.54, 1.807) is 11.8 Å². The molecule has 2 nitrogen and oxygen atoms in total. The van der Waals surface area contributed by atoms with Gasteiger partial charge in [0.15, 0.2) is 0 Å². The smallest absolute Gasteiger partial charge is 0.114 e. The van der Waals surface area contributed by atoms with Gasteiger partial charge in [0.25, 0.3) is 0 Å². The Morgan fingerprint density at radius 2 is 2.00 bits per heavy atom. The lowest BCUT2D eigenvalue weighted by atomic mass is 10.1. The lowest BCUT2D eigenvalue weighted by Crippen LogP contribution is -2.05. The van der Waals surface area contributed by atoms with Crippen LogP contribution in [0.3, 0.4) is 0 Å². The molecule has 0 aliphatic rings. The summed E-state index contributed by atoms with van der Waals surface area (Å²) in [6.07, 6.45) is 2.07. The minimum atomic E-state index is 0.615. The van der Waals surface area contributed by atoms with Crippen LogP contribution < -0.4 is 0 Å². The van der Waals surface area contributed by atoms with Crippen molar-refractivity contribution < 1.29 is 4.84 Å². The van der Waals surface area contributed by atoms with E-state index in [9.17, 15) is 0 Å². The highest BCUT2D eigenvalue weighted by Crippen LogP contribution is 2.08. The van der Waals surface area contributed by atoms with Gasteiger partial charge in [0.1, 0.15) is 6.61 Å². The number of rotatable bonds is 5. The molecule has 0 heterocycles. The molecule has 0 atom stereocenters. The van der Waals surface area contributed by atoms with E-state index < -0.39 is 0 Å². The van der Waals surface area contributed by atoms with Crippen LogP contribution >= 0.6 is 11.8 Å². The molecule has 0 amide bonds. The van der Waals surface area contributed by atoms with Crippen molar-refractivity contribution in [2.45, 2.75) is 13.8 Å². The van der Waals surface area contributed by atoms with Crippen molar-refractivity contribution in [3.05, 3.63) is 35.4 Å². The Hall–Kier alpha value is -0.960. The Kier molecular flexibility index (Phi) is 5.26. The van der Waals surface area contributed by atoms with Crippen LogP contribution in [-0.4, -0.2) is 24.3 Å². The monoisotopic (exact) mass is 223 g/mol. The fourth-order valence-electron chi connectivity index (χ4n) is 1.19. The highest BCUT2D eigenvalue weighted by atomic mass is 32.2. The highest BCUT2D eigenvalue weighted by molar-refractivity contribution is 7.99. The Bertz CT molecular complexity index is 319. The predicted molar refractivity (Wildman–Crippen MR) is 67.7 cm³/mol. The van der Waals surface area contributed by atoms with Crippen LogP contribution in [0.2, 0.25) is 0 Å². The first-order chi connectivity index (χ1) is 7.27. The van der Waals surface area contributed by atoms with E-state index in [1.807, 2.05) is 6.92 Å². The second-order valence-electron chi connectivity index (χ2n) is 3.25. The van der Waals surface area contributed by atoms with Crippen molar-refractivity contribution in [2.75, 3.05) is 18.6 Å². The third-order valence-electron chi connectivity index (χ3n) is 1.97. The summed E-state index contributed by atoms with van der Waals surface area (Å²) in [6.45, 7) is 4.64. The van der Waals surface area contributed by atoms with Gasteiger partial charge in [0.05, 0.1) is 5.71 Å². The van der Waals surface area contributed by atoms with Crippen molar-refractivity contribution in [1.29, 1.82) is 0 Å². The molecule has 0 aromatic heterocycles. The number of nitrogens with zero attached hydrogens (tertiary/aromatic N) is 1. The van der Waals surface area contributed by atoms with Crippen LogP contribution in [0.4, 0.5) is 0 Å². The molecule has 1 aromatic carbocycles. The lowest BCUT2D eigenvalue weighted by Gasteiger charge is -2.05. The predicted octanol–water partition coefficient (Wildman–Crippen LogP) is 3.10. The summed E-state index contributed by atoms with van der Waals surface area (Å²) in [6, 6.07) is 8.36. The summed E-state index contributed by atoms with van der Waals surface area (Å²) >= 11 is 1.75. The van der Waals surface area contributed by atoms with Gasteiger partial charge < -0.3 is 4.84 Å². The molecule has 0 saturated carbocycles. The quantitative estimate of drug-likeness (QED) is 0.565. The van der Waals surface area contributed by atoms with E-state index in [0.717, 1.165) is 17.0 Å². The SMILES string of the molecule is CCON=C(CSC)c1ccc(C)cc1. The first-order valence-electron chi connectivity index (χ1n) is 5.02. The van der Waals surface area contributed by atoms with Gasteiger partial charge in [-0.15, -0.1) is 0 Å². The van der Waals surface area contributed by atoms with Crippen LogP contribution in [0.25, 0.3) is 0 Å². The number of thioether (sulfide) groups is 1. The normalized spacial score (nSPS) is 11.5. The molecular weight excluding hydrogens is 206 g/mol. The van der Waals surface area contributed by atoms with Crippen LogP contribution in [-0.2, 0) is 4.84 Å². The van der Waals surface area contributed by atoms with Crippen LogP contribution in [0.5, 0.6) is 0 Å². The summed E-state index contributed by atoms with van der Waals surface area (Å²) in [5, 5.41) is 4.13. The number of hydrogen-bond acceptors (Lipinski definition) is 3. The Balaban J connectivity index is 2.83. The maximum Gasteiger partial charge on any atom is 0.114 e. The van der Waals surface area contributed by atoms with Gasteiger partial charge >= 0.3 is 0 Å². The van der Waals surface area contributed by atoms with Gasteiger partial charge in [0.2, 0.25) is 0 Å². The van der Waals surface area contributed by atoms with E-state index in [-0.39, 0.29) is 0 Å². The minimum Gasteiger partial charge on any atom is -0.396 e. The average Bonchev–Trinajstić information content (AvgIpc) is 2.25. The molecule has 0 radical (unpaired) electrons. The van der Waals surface area contributed by atoms with Crippen LogP contribution in [0, 0.1) is 6.92 Å². The molecular formula is C12H17NOS. The lowest BCUT2D eigenvalue weighted by molar-refractivity contribution is 0.159. The summed E-state index contributed by atoms with van der Waals surface area (Å²) < 4.78 is 0. The molecule has 1 aromatic rings. The fourth-order valence-corrected chi connectivity index (χ4v) is 1.68. The molecule has 1 rings (SSSR count). The average molecular weight is 223 g/mol. The Labute approximate surface area is 95.7 Å². The van der Waals surface area contributed by atoms with Crippen molar-refractivity contribution in [2.24, 2.45) is 5.16 Å². The van der Waals surface area contributed by atoms with Gasteiger partial charge in [-0.3, -0.25) is 0 Å². The second kappa shape index (κ2) is 6.51. The maximum atomic E-state index is 5.11. The van der Waals surface area contributed by atoms with Crippen molar-refractivity contribution in [3.8, 4) is 0 Å². The zero-order valence-corrected chi connectivity index (χ0v) is 10.3. The number of oxime groups is 1. The van der Waals surface area contributed by atoms with E-state index >= 15 is 0 Å².